The first-order valence-corrected chi connectivity index (χ1v) is 17.0. The molecule has 3 aromatic carbocycles. The smallest absolute Gasteiger partial charge is 0.162 e. The Morgan fingerprint density at radius 3 is 2.00 bits per heavy atom. The Balaban J connectivity index is 0.000000309. The second-order valence-electron chi connectivity index (χ2n) is 11.8. The SMILES string of the molecule is CCC(CC)C(=O)/C=C(\O)C(CC)CC.Cc1[c-]c(-c2nccc3c(C)c(-c4ccc(-c5ccccc5)cc4)sc23)cc(C)c1.[Ir]. The molecular weight excluding hydrogens is 763 g/mol. The Hall–Kier alpha value is -3.37. The molecule has 0 aliphatic rings. The number of ketones is 1. The number of hydrogen-bond donors (Lipinski definition) is 1. The van der Waals surface area contributed by atoms with Gasteiger partial charge in [0.15, 0.2) is 5.78 Å². The van der Waals surface area contributed by atoms with E-state index in [2.05, 4.69) is 99.6 Å². The molecular formula is C41H46IrNO2S-. The van der Waals surface area contributed by atoms with Crippen molar-refractivity contribution in [2.24, 2.45) is 11.8 Å². The number of nitrogens with zero attached hydrogens (tertiary/aromatic N) is 1. The molecule has 5 rings (SSSR count). The molecule has 0 bridgehead atoms. The summed E-state index contributed by atoms with van der Waals surface area (Å²) in [5.41, 5.74) is 9.54. The zero-order valence-corrected chi connectivity index (χ0v) is 31.3. The summed E-state index contributed by atoms with van der Waals surface area (Å²) in [6, 6.07) is 29.4. The molecule has 1 N–H and O–H groups in total. The van der Waals surface area contributed by atoms with Crippen LogP contribution in [0.4, 0.5) is 0 Å². The Morgan fingerprint density at radius 2 is 1.41 bits per heavy atom. The number of aliphatic hydroxyl groups excluding tert-OH is 1. The number of pyridine rings is 1. The molecule has 0 saturated carbocycles. The van der Waals surface area contributed by atoms with Crippen molar-refractivity contribution < 1.29 is 30.0 Å². The monoisotopic (exact) mass is 809 g/mol. The van der Waals surface area contributed by atoms with Crippen molar-refractivity contribution in [1.82, 2.24) is 4.98 Å². The Morgan fingerprint density at radius 1 is 0.826 bits per heavy atom. The number of aliphatic hydroxyl groups is 1. The summed E-state index contributed by atoms with van der Waals surface area (Å²) in [6.07, 6.45) is 6.83. The van der Waals surface area contributed by atoms with E-state index >= 15 is 0 Å². The van der Waals surface area contributed by atoms with Gasteiger partial charge < -0.3 is 10.1 Å². The third-order valence-corrected chi connectivity index (χ3v) is 9.96. The van der Waals surface area contributed by atoms with Crippen LogP contribution in [0.25, 0.3) is 42.9 Å². The van der Waals surface area contributed by atoms with Gasteiger partial charge in [-0.1, -0.05) is 96.1 Å². The predicted octanol–water partition coefficient (Wildman–Crippen LogP) is 11.9. The number of aromatic nitrogens is 1. The van der Waals surface area contributed by atoms with Gasteiger partial charge in [0.05, 0.1) is 5.76 Å². The van der Waals surface area contributed by atoms with Crippen LogP contribution in [0.1, 0.15) is 70.1 Å². The van der Waals surface area contributed by atoms with Crippen molar-refractivity contribution in [3.05, 3.63) is 114 Å². The maximum atomic E-state index is 11.7. The van der Waals surface area contributed by atoms with Gasteiger partial charge >= 0.3 is 0 Å². The number of rotatable bonds is 10. The number of carbonyl (C=O) groups excluding carboxylic acids is 1. The van der Waals surface area contributed by atoms with Gasteiger partial charge in [0.25, 0.3) is 0 Å². The first kappa shape index (κ1) is 37.1. The van der Waals surface area contributed by atoms with E-state index in [-0.39, 0.29) is 43.5 Å². The minimum absolute atomic E-state index is 0. The van der Waals surface area contributed by atoms with Crippen LogP contribution in [0.5, 0.6) is 0 Å². The topological polar surface area (TPSA) is 50.2 Å². The first-order valence-electron chi connectivity index (χ1n) is 16.2. The Bertz CT molecular complexity index is 1730. The molecule has 0 amide bonds. The third kappa shape index (κ3) is 8.91. The number of hydrogen-bond acceptors (Lipinski definition) is 4. The van der Waals surface area contributed by atoms with Crippen molar-refractivity contribution in [2.45, 2.75) is 74.1 Å². The number of thiophene rings is 1. The molecule has 0 spiro atoms. The second kappa shape index (κ2) is 17.5. The van der Waals surface area contributed by atoms with E-state index in [0.717, 1.165) is 42.5 Å². The molecule has 0 atom stereocenters. The zero-order valence-electron chi connectivity index (χ0n) is 28.1. The molecule has 0 aliphatic carbocycles. The van der Waals surface area contributed by atoms with Gasteiger partial charge in [-0.05, 0) is 66.3 Å². The van der Waals surface area contributed by atoms with E-state index < -0.39 is 0 Å². The van der Waals surface area contributed by atoms with Gasteiger partial charge in [-0.25, -0.2) is 0 Å². The molecule has 0 fully saturated rings. The maximum absolute atomic E-state index is 11.7. The Kier molecular flexibility index (Phi) is 14.1. The largest absolute Gasteiger partial charge is 0.512 e. The van der Waals surface area contributed by atoms with Crippen molar-refractivity contribution in [3.63, 3.8) is 0 Å². The van der Waals surface area contributed by atoms with E-state index in [1.807, 2.05) is 45.2 Å². The molecule has 243 valence electrons. The fraction of sp³-hybridized carbons (Fsp3) is 0.317. The van der Waals surface area contributed by atoms with Crippen LogP contribution in [-0.4, -0.2) is 15.9 Å². The molecule has 46 heavy (non-hydrogen) atoms. The molecule has 5 heteroatoms. The molecule has 0 aliphatic heterocycles. The second-order valence-corrected chi connectivity index (χ2v) is 12.8. The van der Waals surface area contributed by atoms with Crippen LogP contribution in [0.3, 0.4) is 0 Å². The summed E-state index contributed by atoms with van der Waals surface area (Å²) in [5.74, 6) is 0.547. The summed E-state index contributed by atoms with van der Waals surface area (Å²) in [7, 11) is 0. The van der Waals surface area contributed by atoms with E-state index in [1.54, 1.807) is 0 Å². The first-order chi connectivity index (χ1) is 21.7. The fourth-order valence-corrected chi connectivity index (χ4v) is 7.17. The van der Waals surface area contributed by atoms with Crippen molar-refractivity contribution in [1.29, 1.82) is 0 Å². The average Bonchev–Trinajstić information content (AvgIpc) is 3.39. The van der Waals surface area contributed by atoms with Gasteiger partial charge in [0.1, 0.15) is 0 Å². The van der Waals surface area contributed by atoms with Gasteiger partial charge in [-0.2, -0.15) is 0 Å². The van der Waals surface area contributed by atoms with Crippen LogP contribution in [-0.2, 0) is 24.9 Å². The van der Waals surface area contributed by atoms with E-state index in [9.17, 15) is 9.90 Å². The fourth-order valence-electron chi connectivity index (χ4n) is 5.86. The molecule has 1 radical (unpaired) electrons. The minimum atomic E-state index is 0. The van der Waals surface area contributed by atoms with Crippen molar-refractivity contribution in [3.8, 4) is 32.8 Å². The molecule has 0 unspecified atom stereocenters. The number of aryl methyl sites for hydroxylation is 3. The van der Waals surface area contributed by atoms with Crippen LogP contribution in [0.2, 0.25) is 0 Å². The molecule has 5 aromatic rings. The average molecular weight is 809 g/mol. The van der Waals surface area contributed by atoms with Crippen molar-refractivity contribution >= 4 is 27.2 Å². The van der Waals surface area contributed by atoms with E-state index in [1.165, 1.54) is 48.9 Å². The molecule has 2 aromatic heterocycles. The molecule has 0 saturated heterocycles. The standard InChI is InChI=1S/C28H22NS.C13H24O2.Ir/c1-18-15-19(2)17-24(16-18)26-28-25(13-14-29-26)20(3)27(30-28)23-11-9-22(10-12-23)21-7-5-4-6-8-21;1-5-10(6-2)12(14)9-13(15)11(7-3)8-4;/h4-16H,1-3H3;9-11,14H,5-8H2,1-4H3;/q-1;;/b;12-9-;. The normalized spacial score (nSPS) is 11.4. The maximum Gasteiger partial charge on any atom is 0.162 e. The van der Waals surface area contributed by atoms with Gasteiger partial charge in [0, 0.05) is 59.5 Å². The quantitative estimate of drug-likeness (QED) is 0.0868. The zero-order chi connectivity index (χ0) is 32.5. The van der Waals surface area contributed by atoms with Gasteiger partial charge in [-0.3, -0.25) is 4.79 Å². The van der Waals surface area contributed by atoms with Crippen LogP contribution >= 0.6 is 11.3 Å². The summed E-state index contributed by atoms with van der Waals surface area (Å²) in [6.45, 7) is 14.5. The number of allylic oxidation sites excluding steroid dienone is 2. The van der Waals surface area contributed by atoms with Crippen LogP contribution in [0.15, 0.2) is 90.8 Å². The number of carbonyl (C=O) groups is 1. The van der Waals surface area contributed by atoms with E-state index in [0.29, 0.717) is 0 Å². The molecule has 2 heterocycles. The van der Waals surface area contributed by atoms with Gasteiger partial charge in [0.2, 0.25) is 0 Å². The number of fused-ring (bicyclic) bond motifs is 1. The summed E-state index contributed by atoms with van der Waals surface area (Å²) in [5, 5.41) is 11.0. The van der Waals surface area contributed by atoms with Gasteiger partial charge in [-0.15, -0.1) is 46.2 Å². The third-order valence-electron chi connectivity index (χ3n) is 8.59. The summed E-state index contributed by atoms with van der Waals surface area (Å²) < 4.78 is 1.23. The summed E-state index contributed by atoms with van der Waals surface area (Å²) >= 11 is 1.83. The summed E-state index contributed by atoms with van der Waals surface area (Å²) in [4.78, 5) is 17.8. The predicted molar refractivity (Wildman–Crippen MR) is 193 cm³/mol. The van der Waals surface area contributed by atoms with Crippen LogP contribution in [0, 0.1) is 38.7 Å². The Labute approximate surface area is 293 Å². The van der Waals surface area contributed by atoms with E-state index in [4.69, 9.17) is 4.98 Å². The minimum Gasteiger partial charge on any atom is -0.512 e. The van der Waals surface area contributed by atoms with Crippen LogP contribution < -0.4 is 0 Å². The number of benzene rings is 3. The van der Waals surface area contributed by atoms with Crippen molar-refractivity contribution in [2.75, 3.05) is 0 Å². The molecule has 3 nitrogen and oxygen atoms in total.